The van der Waals surface area contributed by atoms with Crippen LogP contribution in [-0.2, 0) is 9.53 Å². The van der Waals surface area contributed by atoms with Gasteiger partial charge in [-0.3, -0.25) is 9.59 Å². The van der Waals surface area contributed by atoms with E-state index >= 15 is 0 Å². The second kappa shape index (κ2) is 9.71. The molecule has 6 nitrogen and oxygen atoms in total. The van der Waals surface area contributed by atoms with Crippen LogP contribution in [0.5, 0.6) is 11.5 Å². The van der Waals surface area contributed by atoms with Gasteiger partial charge in [0.25, 0.3) is 5.91 Å². The molecule has 1 saturated heterocycles. The molecule has 0 aliphatic carbocycles. The molecule has 3 rings (SSSR count). The third-order valence-electron chi connectivity index (χ3n) is 4.41. The van der Waals surface area contributed by atoms with Crippen LogP contribution in [0.25, 0.3) is 6.08 Å². The van der Waals surface area contributed by atoms with Gasteiger partial charge in [0.1, 0.15) is 11.5 Å². The number of carbonyl (C=O) groups is 2. The lowest BCUT2D eigenvalue weighted by atomic mass is 10.1. The molecule has 6 heteroatoms. The van der Waals surface area contributed by atoms with Gasteiger partial charge in [0.15, 0.2) is 12.4 Å². The third kappa shape index (κ3) is 5.44. The van der Waals surface area contributed by atoms with Gasteiger partial charge in [-0.15, -0.1) is 0 Å². The molecule has 0 unspecified atom stereocenters. The summed E-state index contributed by atoms with van der Waals surface area (Å²) in [5, 5.41) is 0. The Morgan fingerprint density at radius 3 is 2.29 bits per heavy atom. The Hall–Kier alpha value is -3.12. The number of hydrogen-bond donors (Lipinski definition) is 0. The number of amides is 1. The Morgan fingerprint density at radius 2 is 1.64 bits per heavy atom. The highest BCUT2D eigenvalue weighted by molar-refractivity contribution is 6.06. The van der Waals surface area contributed by atoms with E-state index < -0.39 is 0 Å². The van der Waals surface area contributed by atoms with Crippen LogP contribution in [0.4, 0.5) is 0 Å². The fourth-order valence-corrected chi connectivity index (χ4v) is 2.75. The van der Waals surface area contributed by atoms with Gasteiger partial charge in [-0.1, -0.05) is 18.2 Å². The first kappa shape index (κ1) is 19.6. The molecule has 1 heterocycles. The van der Waals surface area contributed by atoms with Gasteiger partial charge in [0, 0.05) is 18.7 Å². The fraction of sp³-hybridized carbons (Fsp3) is 0.273. The van der Waals surface area contributed by atoms with Crippen molar-refractivity contribution in [1.29, 1.82) is 0 Å². The fourth-order valence-electron chi connectivity index (χ4n) is 2.75. The van der Waals surface area contributed by atoms with Crippen molar-refractivity contribution in [2.75, 3.05) is 40.0 Å². The topological polar surface area (TPSA) is 65.1 Å². The van der Waals surface area contributed by atoms with Crippen LogP contribution >= 0.6 is 0 Å². The molecule has 1 aliphatic heterocycles. The number of rotatable bonds is 7. The summed E-state index contributed by atoms with van der Waals surface area (Å²) in [6.45, 7) is 2.29. The normalized spacial score (nSPS) is 14.1. The minimum Gasteiger partial charge on any atom is -0.497 e. The average Bonchev–Trinajstić information content (AvgIpc) is 2.77. The lowest BCUT2D eigenvalue weighted by molar-refractivity contribution is -0.137. The molecule has 0 aromatic heterocycles. The number of nitrogens with zero attached hydrogens (tertiary/aromatic N) is 1. The van der Waals surface area contributed by atoms with Gasteiger partial charge in [0.2, 0.25) is 0 Å². The van der Waals surface area contributed by atoms with E-state index in [9.17, 15) is 9.59 Å². The molecule has 1 aliphatic rings. The number of ketones is 1. The van der Waals surface area contributed by atoms with Crippen LogP contribution in [-0.4, -0.2) is 56.6 Å². The highest BCUT2D eigenvalue weighted by Crippen LogP contribution is 2.15. The number of benzene rings is 2. The first-order chi connectivity index (χ1) is 13.7. The summed E-state index contributed by atoms with van der Waals surface area (Å²) >= 11 is 0. The summed E-state index contributed by atoms with van der Waals surface area (Å²) in [5.41, 5.74) is 1.47. The minimum absolute atomic E-state index is 0.0231. The molecule has 0 atom stereocenters. The minimum atomic E-state index is -0.105. The molecule has 0 N–H and O–H groups in total. The summed E-state index contributed by atoms with van der Waals surface area (Å²) in [6.07, 6.45) is 3.28. The molecular weight excluding hydrogens is 358 g/mol. The number of carbonyl (C=O) groups excluding carboxylic acids is 2. The maximum absolute atomic E-state index is 12.3. The molecule has 2 aromatic rings. The summed E-state index contributed by atoms with van der Waals surface area (Å²) < 4.78 is 15.9. The first-order valence-electron chi connectivity index (χ1n) is 9.10. The lowest BCUT2D eigenvalue weighted by Gasteiger charge is -2.26. The molecule has 1 fully saturated rings. The van der Waals surface area contributed by atoms with Crippen molar-refractivity contribution in [3.8, 4) is 11.5 Å². The highest BCUT2D eigenvalue weighted by atomic mass is 16.5. The van der Waals surface area contributed by atoms with Gasteiger partial charge in [-0.2, -0.15) is 0 Å². The number of allylic oxidation sites excluding steroid dienone is 1. The second-order valence-electron chi connectivity index (χ2n) is 6.28. The Balaban J connectivity index is 1.51. The van der Waals surface area contributed by atoms with Crippen molar-refractivity contribution in [2.45, 2.75) is 0 Å². The predicted molar refractivity (Wildman–Crippen MR) is 106 cm³/mol. The maximum Gasteiger partial charge on any atom is 0.260 e. The molecule has 2 aromatic carbocycles. The van der Waals surface area contributed by atoms with E-state index in [1.165, 1.54) is 6.08 Å². The zero-order valence-corrected chi connectivity index (χ0v) is 15.8. The van der Waals surface area contributed by atoms with Crippen molar-refractivity contribution in [3.63, 3.8) is 0 Å². The largest absolute Gasteiger partial charge is 0.497 e. The van der Waals surface area contributed by atoms with Gasteiger partial charge in [-0.05, 0) is 48.0 Å². The van der Waals surface area contributed by atoms with Crippen molar-refractivity contribution < 1.29 is 23.8 Å². The van der Waals surface area contributed by atoms with E-state index in [1.54, 1.807) is 42.4 Å². The molecule has 0 radical (unpaired) electrons. The summed E-state index contributed by atoms with van der Waals surface area (Å²) in [7, 11) is 1.61. The molecule has 146 valence electrons. The van der Waals surface area contributed by atoms with Crippen LogP contribution < -0.4 is 9.47 Å². The van der Waals surface area contributed by atoms with Crippen LogP contribution in [0.2, 0.25) is 0 Å². The molecule has 0 bridgehead atoms. The lowest BCUT2D eigenvalue weighted by Crippen LogP contribution is -2.42. The zero-order chi connectivity index (χ0) is 19.8. The Morgan fingerprint density at radius 1 is 1.00 bits per heavy atom. The maximum atomic E-state index is 12.3. The molecule has 1 amide bonds. The van der Waals surface area contributed by atoms with Crippen LogP contribution in [0.1, 0.15) is 15.9 Å². The van der Waals surface area contributed by atoms with Gasteiger partial charge >= 0.3 is 0 Å². The average molecular weight is 381 g/mol. The Kier molecular flexibility index (Phi) is 6.81. The van der Waals surface area contributed by atoms with Crippen molar-refractivity contribution in [2.24, 2.45) is 0 Å². The number of ether oxygens (including phenoxy) is 3. The van der Waals surface area contributed by atoms with E-state index in [0.29, 0.717) is 37.6 Å². The van der Waals surface area contributed by atoms with E-state index in [2.05, 4.69) is 0 Å². The number of morpholine rings is 1. The van der Waals surface area contributed by atoms with E-state index in [0.717, 1.165) is 11.3 Å². The second-order valence-corrected chi connectivity index (χ2v) is 6.28. The summed E-state index contributed by atoms with van der Waals surface area (Å²) in [4.78, 5) is 26.1. The molecule has 0 spiro atoms. The monoisotopic (exact) mass is 381 g/mol. The summed E-state index contributed by atoms with van der Waals surface area (Å²) in [5.74, 6) is 1.15. The zero-order valence-electron chi connectivity index (χ0n) is 15.8. The van der Waals surface area contributed by atoms with Crippen molar-refractivity contribution in [1.82, 2.24) is 4.90 Å². The number of methoxy groups -OCH3 is 1. The van der Waals surface area contributed by atoms with Gasteiger partial charge in [0.05, 0.1) is 20.3 Å². The first-order valence-corrected chi connectivity index (χ1v) is 9.10. The standard InChI is InChI=1S/C22H23NO5/c1-26-19-7-2-17(3-8-19)4-11-21(24)18-5-9-20(10-6-18)28-16-22(25)23-12-14-27-15-13-23/h2-11H,12-16H2,1H3/b11-4+. The van der Waals surface area contributed by atoms with E-state index in [4.69, 9.17) is 14.2 Å². The van der Waals surface area contributed by atoms with Crippen LogP contribution in [0.15, 0.2) is 54.6 Å². The van der Waals surface area contributed by atoms with E-state index in [1.807, 2.05) is 24.3 Å². The SMILES string of the molecule is COc1ccc(/C=C/C(=O)c2ccc(OCC(=O)N3CCOCC3)cc2)cc1. The molecule has 28 heavy (non-hydrogen) atoms. The molecule has 0 saturated carbocycles. The molecular formula is C22H23NO5. The van der Waals surface area contributed by atoms with Crippen LogP contribution in [0.3, 0.4) is 0 Å². The van der Waals surface area contributed by atoms with Crippen molar-refractivity contribution >= 4 is 17.8 Å². The van der Waals surface area contributed by atoms with Gasteiger partial charge in [-0.25, -0.2) is 0 Å². The Labute approximate surface area is 164 Å². The Bertz CT molecular complexity index is 821. The third-order valence-corrected chi connectivity index (χ3v) is 4.41. The smallest absolute Gasteiger partial charge is 0.260 e. The van der Waals surface area contributed by atoms with Crippen LogP contribution in [0, 0.1) is 0 Å². The quantitative estimate of drug-likeness (QED) is 0.545. The predicted octanol–water partition coefficient (Wildman–Crippen LogP) is 2.83. The van der Waals surface area contributed by atoms with Gasteiger partial charge < -0.3 is 19.1 Å². The van der Waals surface area contributed by atoms with Crippen molar-refractivity contribution in [3.05, 3.63) is 65.7 Å². The van der Waals surface area contributed by atoms with E-state index in [-0.39, 0.29) is 18.3 Å². The number of hydrogen-bond acceptors (Lipinski definition) is 5. The summed E-state index contributed by atoms with van der Waals surface area (Å²) in [6, 6.07) is 14.2. The highest BCUT2D eigenvalue weighted by Gasteiger charge is 2.17.